The number of ether oxygens (including phenoxy) is 2. The van der Waals surface area contributed by atoms with E-state index in [4.69, 9.17) is 9.47 Å². The van der Waals surface area contributed by atoms with Crippen LogP contribution in [0, 0.1) is 0 Å². The Kier molecular flexibility index (Phi) is 45.2. The van der Waals surface area contributed by atoms with Crippen molar-refractivity contribution in [3.63, 3.8) is 0 Å². The molecule has 0 unspecified atom stereocenters. The summed E-state index contributed by atoms with van der Waals surface area (Å²) in [5.74, 6) is 0.383. The Morgan fingerprint density at radius 2 is 0.590 bits per heavy atom. The molecule has 1 amide bonds. The summed E-state index contributed by atoms with van der Waals surface area (Å²) in [4.78, 5) is 41.2. The highest BCUT2D eigenvalue weighted by Crippen LogP contribution is 2.23. The first kappa shape index (κ1) is 59.4. The maximum Gasteiger partial charge on any atom is 0.306 e. The topological polar surface area (TPSA) is 72.9 Å². The Bertz CT molecular complexity index is 873. The van der Waals surface area contributed by atoms with Gasteiger partial charge in [-0.2, -0.15) is 0 Å². The Morgan fingerprint density at radius 3 is 0.918 bits per heavy atom. The average molecular weight is 862 g/mol. The van der Waals surface area contributed by atoms with E-state index in [9.17, 15) is 14.4 Å². The molecular formula is C55H107NO5. The molecule has 0 saturated carbocycles. The van der Waals surface area contributed by atoms with E-state index in [2.05, 4.69) is 46.4 Å². The van der Waals surface area contributed by atoms with Crippen LogP contribution in [0.15, 0.2) is 0 Å². The Labute approximate surface area is 381 Å². The number of rotatable bonds is 48. The Hall–Kier alpha value is -1.59. The van der Waals surface area contributed by atoms with Crippen molar-refractivity contribution < 1.29 is 23.9 Å². The van der Waals surface area contributed by atoms with E-state index < -0.39 is 0 Å². The molecule has 0 aromatic heterocycles. The average Bonchev–Trinajstić information content (AvgIpc) is 3.25. The van der Waals surface area contributed by atoms with E-state index in [1.54, 1.807) is 0 Å². The number of unbranched alkanes of at least 4 members (excludes halogenated alkanes) is 26. The van der Waals surface area contributed by atoms with Gasteiger partial charge in [0.1, 0.15) is 12.2 Å². The monoisotopic (exact) mass is 862 g/mol. The van der Waals surface area contributed by atoms with Gasteiger partial charge in [-0.15, -0.1) is 0 Å². The molecule has 0 aromatic rings. The smallest absolute Gasteiger partial charge is 0.306 e. The zero-order valence-electron chi connectivity index (χ0n) is 42.1. The number of hydrogen-bond donors (Lipinski definition) is 0. The van der Waals surface area contributed by atoms with Gasteiger partial charge in [0, 0.05) is 31.8 Å². The van der Waals surface area contributed by atoms with E-state index >= 15 is 0 Å². The molecular weight excluding hydrogens is 755 g/mol. The molecule has 0 saturated heterocycles. The summed E-state index contributed by atoms with van der Waals surface area (Å²) in [5.41, 5.74) is 0. The molecule has 0 aromatic carbocycles. The molecule has 0 aliphatic carbocycles. The standard InChI is InChI=1S/C55H107NO5/c1-7-13-18-27-38-47-53(57)56(12-6)50(41-32-28-23-25-30-39-48-54(58)60-51(43-34-19-14-8-2)44-35-20-15-9-3)42-33-29-24-26-31-40-49-55(59)61-52(45-36-21-16-10-4)46-37-22-17-11-5/h50-52H,7-49H2,1-6H3. The molecule has 0 spiro atoms. The van der Waals surface area contributed by atoms with E-state index in [0.29, 0.717) is 31.2 Å². The van der Waals surface area contributed by atoms with Crippen LogP contribution in [0.3, 0.4) is 0 Å². The first-order valence-electron chi connectivity index (χ1n) is 27.5. The summed E-state index contributed by atoms with van der Waals surface area (Å²) in [6.07, 6.45) is 47.4. The second-order valence-electron chi connectivity index (χ2n) is 18.9. The van der Waals surface area contributed by atoms with Crippen LogP contribution in [0.5, 0.6) is 0 Å². The lowest BCUT2D eigenvalue weighted by atomic mass is 9.98. The van der Waals surface area contributed by atoms with Crippen molar-refractivity contribution in [2.24, 2.45) is 0 Å². The minimum Gasteiger partial charge on any atom is -0.462 e. The lowest BCUT2D eigenvalue weighted by Gasteiger charge is -2.31. The summed E-state index contributed by atoms with van der Waals surface area (Å²) in [5, 5.41) is 0. The number of nitrogens with zero attached hydrogens (tertiary/aromatic N) is 1. The SMILES string of the molecule is CCCCCCCC(=O)N(CC)C(CCCCCCCCC(=O)OC(CCCCCC)CCCCCC)CCCCCCCCC(=O)OC(CCCCCC)CCCCCC. The first-order valence-corrected chi connectivity index (χ1v) is 27.5. The van der Waals surface area contributed by atoms with Crippen molar-refractivity contribution in [2.45, 2.75) is 329 Å². The summed E-state index contributed by atoms with van der Waals surface area (Å²) in [7, 11) is 0. The fourth-order valence-electron chi connectivity index (χ4n) is 9.04. The summed E-state index contributed by atoms with van der Waals surface area (Å²) in [6, 6.07) is 0.339. The molecule has 0 aliphatic rings. The van der Waals surface area contributed by atoms with Gasteiger partial charge >= 0.3 is 11.9 Å². The fourth-order valence-corrected chi connectivity index (χ4v) is 9.04. The molecule has 0 aliphatic heterocycles. The molecule has 0 bridgehead atoms. The number of carbonyl (C=O) groups is 3. The highest BCUT2D eigenvalue weighted by molar-refractivity contribution is 5.76. The molecule has 0 heterocycles. The lowest BCUT2D eigenvalue weighted by Crippen LogP contribution is -2.40. The van der Waals surface area contributed by atoms with Crippen LogP contribution in [0.1, 0.15) is 311 Å². The maximum atomic E-state index is 13.5. The predicted molar refractivity (Wildman–Crippen MR) is 263 cm³/mol. The maximum absolute atomic E-state index is 13.5. The van der Waals surface area contributed by atoms with Gasteiger partial charge in [0.2, 0.25) is 5.91 Å². The van der Waals surface area contributed by atoms with Crippen LogP contribution in [0.25, 0.3) is 0 Å². The second kappa shape index (κ2) is 46.4. The van der Waals surface area contributed by atoms with E-state index in [1.807, 2.05) is 0 Å². The number of hydrogen-bond acceptors (Lipinski definition) is 5. The second-order valence-corrected chi connectivity index (χ2v) is 18.9. The molecule has 6 heteroatoms. The molecule has 0 radical (unpaired) electrons. The third-order valence-corrected chi connectivity index (χ3v) is 13.0. The highest BCUT2D eigenvalue weighted by atomic mass is 16.5. The molecule has 6 nitrogen and oxygen atoms in total. The van der Waals surface area contributed by atoms with E-state index in [1.165, 1.54) is 173 Å². The Balaban J connectivity index is 4.71. The molecule has 0 N–H and O–H groups in total. The molecule has 362 valence electrons. The van der Waals surface area contributed by atoms with Gasteiger partial charge in [0.15, 0.2) is 0 Å². The summed E-state index contributed by atoms with van der Waals surface area (Å²) >= 11 is 0. The zero-order valence-corrected chi connectivity index (χ0v) is 42.1. The van der Waals surface area contributed by atoms with Crippen molar-refractivity contribution in [1.82, 2.24) is 4.90 Å². The minimum absolute atomic E-state index is 0.0125. The summed E-state index contributed by atoms with van der Waals surface area (Å²) in [6.45, 7) is 14.2. The van der Waals surface area contributed by atoms with Crippen LogP contribution < -0.4 is 0 Å². The van der Waals surface area contributed by atoms with Crippen molar-refractivity contribution >= 4 is 17.8 Å². The predicted octanol–water partition coefficient (Wildman–Crippen LogP) is 17.5. The molecule has 0 atom stereocenters. The van der Waals surface area contributed by atoms with Crippen molar-refractivity contribution in [3.05, 3.63) is 0 Å². The van der Waals surface area contributed by atoms with Crippen LogP contribution >= 0.6 is 0 Å². The number of esters is 2. The first-order chi connectivity index (χ1) is 29.9. The van der Waals surface area contributed by atoms with Crippen LogP contribution in [-0.4, -0.2) is 47.5 Å². The van der Waals surface area contributed by atoms with Gasteiger partial charge in [-0.05, 0) is 90.4 Å². The van der Waals surface area contributed by atoms with Gasteiger partial charge in [-0.3, -0.25) is 14.4 Å². The zero-order chi connectivity index (χ0) is 44.9. The van der Waals surface area contributed by atoms with Crippen LogP contribution in [-0.2, 0) is 23.9 Å². The van der Waals surface area contributed by atoms with Gasteiger partial charge in [0.25, 0.3) is 0 Å². The third kappa shape index (κ3) is 38.6. The molecule has 0 rings (SSSR count). The van der Waals surface area contributed by atoms with Crippen molar-refractivity contribution in [2.75, 3.05) is 6.54 Å². The van der Waals surface area contributed by atoms with E-state index in [-0.39, 0.29) is 24.1 Å². The molecule has 61 heavy (non-hydrogen) atoms. The van der Waals surface area contributed by atoms with Crippen LogP contribution in [0.4, 0.5) is 0 Å². The van der Waals surface area contributed by atoms with Gasteiger partial charge < -0.3 is 14.4 Å². The van der Waals surface area contributed by atoms with Crippen molar-refractivity contribution in [1.29, 1.82) is 0 Å². The quantitative estimate of drug-likeness (QED) is 0.0450. The lowest BCUT2D eigenvalue weighted by molar-refractivity contribution is -0.151. The third-order valence-electron chi connectivity index (χ3n) is 13.0. The van der Waals surface area contributed by atoms with Gasteiger partial charge in [-0.25, -0.2) is 0 Å². The minimum atomic E-state index is 0.0125. The van der Waals surface area contributed by atoms with Crippen molar-refractivity contribution in [3.8, 4) is 0 Å². The summed E-state index contributed by atoms with van der Waals surface area (Å²) < 4.78 is 12.0. The number of carbonyl (C=O) groups excluding carboxylic acids is 3. The fraction of sp³-hybridized carbons (Fsp3) is 0.945. The number of amides is 1. The largest absolute Gasteiger partial charge is 0.462 e. The van der Waals surface area contributed by atoms with E-state index in [0.717, 1.165) is 83.6 Å². The molecule has 0 fully saturated rings. The van der Waals surface area contributed by atoms with Gasteiger partial charge in [-0.1, -0.05) is 202 Å². The highest BCUT2D eigenvalue weighted by Gasteiger charge is 2.22. The normalized spacial score (nSPS) is 11.6. The van der Waals surface area contributed by atoms with Crippen LogP contribution in [0.2, 0.25) is 0 Å². The Morgan fingerprint density at radius 1 is 0.328 bits per heavy atom. The van der Waals surface area contributed by atoms with Gasteiger partial charge in [0.05, 0.1) is 0 Å².